The summed E-state index contributed by atoms with van der Waals surface area (Å²) in [4.78, 5) is 26.6. The van der Waals surface area contributed by atoms with Crippen LogP contribution in [0.1, 0.15) is 34.3 Å². The van der Waals surface area contributed by atoms with Crippen LogP contribution in [0.2, 0.25) is 0 Å². The molecule has 0 aromatic heterocycles. The number of ether oxygens (including phenoxy) is 1. The van der Waals surface area contributed by atoms with Crippen molar-refractivity contribution in [2.24, 2.45) is 5.41 Å². The van der Waals surface area contributed by atoms with Gasteiger partial charge in [-0.2, -0.15) is 0 Å². The van der Waals surface area contributed by atoms with Crippen molar-refractivity contribution in [3.8, 4) is 0 Å². The first-order valence-corrected chi connectivity index (χ1v) is 9.54. The van der Waals surface area contributed by atoms with Crippen LogP contribution in [0.5, 0.6) is 0 Å². The van der Waals surface area contributed by atoms with Gasteiger partial charge < -0.3 is 4.74 Å². The van der Waals surface area contributed by atoms with Gasteiger partial charge in [0.25, 0.3) is 0 Å². The van der Waals surface area contributed by atoms with Gasteiger partial charge in [0, 0.05) is 11.5 Å². The second kappa shape index (κ2) is 9.16. The van der Waals surface area contributed by atoms with Crippen LogP contribution < -0.4 is 0 Å². The van der Waals surface area contributed by atoms with Gasteiger partial charge in [0.15, 0.2) is 5.78 Å². The molecular weight excluding hydrogens is 360 g/mol. The van der Waals surface area contributed by atoms with Crippen molar-refractivity contribution < 1.29 is 14.3 Å². The van der Waals surface area contributed by atoms with Crippen molar-refractivity contribution in [3.05, 3.63) is 114 Å². The van der Waals surface area contributed by atoms with Crippen LogP contribution >= 0.6 is 0 Å². The van der Waals surface area contributed by atoms with Gasteiger partial charge in [-0.05, 0) is 18.1 Å². The van der Waals surface area contributed by atoms with Gasteiger partial charge >= 0.3 is 5.97 Å². The fourth-order valence-electron chi connectivity index (χ4n) is 3.53. The van der Waals surface area contributed by atoms with Gasteiger partial charge in [-0.3, -0.25) is 9.59 Å². The first kappa shape index (κ1) is 20.3. The maximum Gasteiger partial charge on any atom is 0.320 e. The summed E-state index contributed by atoms with van der Waals surface area (Å²) in [6.07, 6.45) is 3.86. The van der Waals surface area contributed by atoms with Gasteiger partial charge in [0.2, 0.25) is 0 Å². The largest absolute Gasteiger partial charge is 0.468 e. The standard InChI is InChI=1S/C26H24O3/c1-26(25(28)29-2,24(27)22-16-10-5-11-17-22)23(21-14-8-4-9-15-21)19-18-20-12-6-3-7-13-20/h3-19,23H,1-2H3/b19-18+. The molecular formula is C26H24O3. The van der Waals surface area contributed by atoms with Gasteiger partial charge in [-0.1, -0.05) is 103 Å². The molecule has 0 amide bonds. The van der Waals surface area contributed by atoms with Crippen LogP contribution in [0, 0.1) is 5.41 Å². The Morgan fingerprint density at radius 1 is 0.828 bits per heavy atom. The van der Waals surface area contributed by atoms with Crippen LogP contribution in [0.25, 0.3) is 6.08 Å². The molecule has 0 aliphatic heterocycles. The Bertz CT molecular complexity index is 978. The Morgan fingerprint density at radius 3 is 1.90 bits per heavy atom. The highest BCUT2D eigenvalue weighted by Crippen LogP contribution is 2.41. The van der Waals surface area contributed by atoms with E-state index in [9.17, 15) is 9.59 Å². The lowest BCUT2D eigenvalue weighted by molar-refractivity contribution is -0.149. The van der Waals surface area contributed by atoms with E-state index in [-0.39, 0.29) is 5.78 Å². The minimum atomic E-state index is -1.41. The average molecular weight is 384 g/mol. The molecule has 0 aliphatic rings. The second-order valence-corrected chi connectivity index (χ2v) is 7.05. The Morgan fingerprint density at radius 2 is 1.34 bits per heavy atom. The molecule has 2 atom stereocenters. The van der Waals surface area contributed by atoms with Crippen LogP contribution in [-0.2, 0) is 9.53 Å². The predicted molar refractivity (Wildman–Crippen MR) is 116 cm³/mol. The quantitative estimate of drug-likeness (QED) is 0.305. The summed E-state index contributed by atoms with van der Waals surface area (Å²) >= 11 is 0. The first-order chi connectivity index (χ1) is 14.1. The first-order valence-electron chi connectivity index (χ1n) is 9.54. The molecule has 0 saturated heterocycles. The molecule has 146 valence electrons. The van der Waals surface area contributed by atoms with Gasteiger partial charge in [0.1, 0.15) is 5.41 Å². The van der Waals surface area contributed by atoms with Crippen molar-refractivity contribution in [2.45, 2.75) is 12.8 Å². The number of ketones is 1. The monoisotopic (exact) mass is 384 g/mol. The normalized spacial score (nSPS) is 14.1. The number of hydrogen-bond donors (Lipinski definition) is 0. The molecule has 0 spiro atoms. The number of hydrogen-bond acceptors (Lipinski definition) is 3. The van der Waals surface area contributed by atoms with Crippen molar-refractivity contribution in [1.82, 2.24) is 0 Å². The molecule has 0 heterocycles. The molecule has 0 bridgehead atoms. The van der Waals surface area contributed by atoms with E-state index in [4.69, 9.17) is 4.74 Å². The van der Waals surface area contributed by atoms with E-state index in [1.165, 1.54) is 7.11 Å². The van der Waals surface area contributed by atoms with Gasteiger partial charge in [-0.15, -0.1) is 0 Å². The van der Waals surface area contributed by atoms with E-state index in [0.717, 1.165) is 11.1 Å². The number of benzene rings is 3. The van der Waals surface area contributed by atoms with E-state index in [1.807, 2.05) is 78.9 Å². The van der Waals surface area contributed by atoms with Crippen LogP contribution in [0.15, 0.2) is 97.1 Å². The predicted octanol–water partition coefficient (Wildman–Crippen LogP) is 5.55. The molecule has 0 saturated carbocycles. The Labute approximate surface area is 171 Å². The van der Waals surface area contributed by atoms with E-state index in [2.05, 4.69) is 0 Å². The fraction of sp³-hybridized carbons (Fsp3) is 0.154. The number of carbonyl (C=O) groups excluding carboxylic acids is 2. The molecule has 0 N–H and O–H groups in total. The SMILES string of the molecule is COC(=O)C(C)(C(=O)c1ccccc1)C(/C=C/c1ccccc1)c1ccccc1. The van der Waals surface area contributed by atoms with E-state index >= 15 is 0 Å². The fourth-order valence-corrected chi connectivity index (χ4v) is 3.53. The summed E-state index contributed by atoms with van der Waals surface area (Å²) in [5, 5.41) is 0. The minimum absolute atomic E-state index is 0.267. The molecule has 3 aromatic rings. The van der Waals surface area contributed by atoms with Crippen molar-refractivity contribution in [3.63, 3.8) is 0 Å². The van der Waals surface area contributed by atoms with Gasteiger partial charge in [-0.25, -0.2) is 0 Å². The lowest BCUT2D eigenvalue weighted by Crippen LogP contribution is -2.42. The van der Waals surface area contributed by atoms with Crippen molar-refractivity contribution >= 4 is 17.8 Å². The molecule has 0 aliphatic carbocycles. The molecule has 3 nitrogen and oxygen atoms in total. The van der Waals surface area contributed by atoms with E-state index in [1.54, 1.807) is 31.2 Å². The molecule has 3 heteroatoms. The second-order valence-electron chi connectivity index (χ2n) is 7.05. The smallest absolute Gasteiger partial charge is 0.320 e. The summed E-state index contributed by atoms with van der Waals surface area (Å²) in [5.74, 6) is -1.32. The number of methoxy groups -OCH3 is 1. The summed E-state index contributed by atoms with van der Waals surface area (Å²) in [6.45, 7) is 1.67. The third-order valence-corrected chi connectivity index (χ3v) is 5.18. The average Bonchev–Trinajstić information content (AvgIpc) is 2.79. The van der Waals surface area contributed by atoms with Crippen LogP contribution in [0.4, 0.5) is 0 Å². The number of rotatable bonds is 7. The molecule has 29 heavy (non-hydrogen) atoms. The Hall–Kier alpha value is -3.46. The summed E-state index contributed by atoms with van der Waals surface area (Å²) in [5.41, 5.74) is 0.932. The number of allylic oxidation sites excluding steroid dienone is 1. The number of esters is 1. The summed E-state index contributed by atoms with van der Waals surface area (Å²) < 4.78 is 5.12. The molecule has 3 rings (SSSR count). The zero-order valence-electron chi connectivity index (χ0n) is 16.6. The topological polar surface area (TPSA) is 43.4 Å². The number of Topliss-reactive ketones (excluding diaryl/α,β-unsaturated/α-hetero) is 1. The summed E-state index contributed by atoms with van der Waals surface area (Å²) in [7, 11) is 1.32. The Kier molecular flexibility index (Phi) is 6.40. The highest BCUT2D eigenvalue weighted by atomic mass is 16.5. The van der Waals surface area contributed by atoms with E-state index < -0.39 is 17.3 Å². The lowest BCUT2D eigenvalue weighted by atomic mass is 9.68. The van der Waals surface area contributed by atoms with Crippen LogP contribution in [0.3, 0.4) is 0 Å². The van der Waals surface area contributed by atoms with Crippen molar-refractivity contribution in [1.29, 1.82) is 0 Å². The lowest BCUT2D eigenvalue weighted by Gasteiger charge is -2.32. The highest BCUT2D eigenvalue weighted by Gasteiger charge is 2.48. The molecule has 0 fully saturated rings. The maximum atomic E-state index is 13.6. The van der Waals surface area contributed by atoms with E-state index in [0.29, 0.717) is 5.56 Å². The van der Waals surface area contributed by atoms with Crippen LogP contribution in [-0.4, -0.2) is 18.9 Å². The maximum absolute atomic E-state index is 13.6. The third-order valence-electron chi connectivity index (χ3n) is 5.18. The zero-order chi connectivity index (χ0) is 20.7. The van der Waals surface area contributed by atoms with Gasteiger partial charge in [0.05, 0.1) is 7.11 Å². The molecule has 3 aromatic carbocycles. The van der Waals surface area contributed by atoms with Crippen molar-refractivity contribution in [2.75, 3.05) is 7.11 Å². The molecule has 2 unspecified atom stereocenters. The Balaban J connectivity index is 2.14. The minimum Gasteiger partial charge on any atom is -0.468 e. The number of carbonyl (C=O) groups is 2. The highest BCUT2D eigenvalue weighted by molar-refractivity contribution is 6.13. The summed E-state index contributed by atoms with van der Waals surface area (Å²) in [6, 6.07) is 28.3. The molecule has 0 radical (unpaired) electrons. The zero-order valence-corrected chi connectivity index (χ0v) is 16.6. The third kappa shape index (κ3) is 4.35.